The summed E-state index contributed by atoms with van der Waals surface area (Å²) < 4.78 is 5.24. The first-order valence-corrected chi connectivity index (χ1v) is 11.6. The highest BCUT2D eigenvalue weighted by molar-refractivity contribution is 6.30. The Balaban J connectivity index is 1.33. The summed E-state index contributed by atoms with van der Waals surface area (Å²) in [5.74, 6) is 0.807. The highest BCUT2D eigenvalue weighted by atomic mass is 35.5. The Kier molecular flexibility index (Phi) is 4.63. The molecule has 3 fully saturated rings. The number of carbonyl (C=O) groups excluding carboxylic acids is 3. The minimum absolute atomic E-state index is 0.118. The number of rotatable bonds is 5. The average molecular weight is 463 g/mol. The van der Waals surface area contributed by atoms with Crippen LogP contribution in [0.1, 0.15) is 16.8 Å². The average Bonchev–Trinajstić information content (AvgIpc) is 3.63. The molecule has 2 bridgehead atoms. The number of carbonyl (C=O) groups is 3. The third-order valence-electron chi connectivity index (χ3n) is 7.76. The van der Waals surface area contributed by atoms with Gasteiger partial charge in [0, 0.05) is 16.3 Å². The van der Waals surface area contributed by atoms with Gasteiger partial charge in [0.05, 0.1) is 18.9 Å². The Morgan fingerprint density at radius 1 is 0.970 bits per heavy atom. The number of hydrogen-bond donors (Lipinski definition) is 0. The number of halogens is 1. The van der Waals surface area contributed by atoms with Gasteiger partial charge in [-0.2, -0.15) is 0 Å². The maximum Gasteiger partial charge on any atom is 0.259 e. The molecule has 33 heavy (non-hydrogen) atoms. The first-order chi connectivity index (χ1) is 16.0. The molecule has 2 aromatic rings. The molecule has 6 atom stereocenters. The fourth-order valence-electron chi connectivity index (χ4n) is 6.07. The van der Waals surface area contributed by atoms with Gasteiger partial charge in [-0.15, -0.1) is 0 Å². The highest BCUT2D eigenvalue weighted by Gasteiger charge is 2.67. The van der Waals surface area contributed by atoms with Crippen molar-refractivity contribution in [1.29, 1.82) is 0 Å². The minimum atomic E-state index is -0.309. The molecule has 1 aliphatic heterocycles. The topological polar surface area (TPSA) is 66.9 Å². The number of allylic oxidation sites excluding steroid dienone is 2. The molecule has 0 N–H and O–H groups in total. The quantitative estimate of drug-likeness (QED) is 0.497. The Morgan fingerprint density at radius 3 is 2.09 bits per heavy atom. The zero-order valence-corrected chi connectivity index (χ0v) is 18.8. The Morgan fingerprint density at radius 2 is 1.55 bits per heavy atom. The van der Waals surface area contributed by atoms with Crippen LogP contribution in [0.3, 0.4) is 0 Å². The van der Waals surface area contributed by atoms with E-state index in [0.717, 1.165) is 6.42 Å². The number of hydrogen-bond acceptors (Lipinski definition) is 4. The lowest BCUT2D eigenvalue weighted by Gasteiger charge is -2.37. The maximum atomic E-state index is 13.5. The van der Waals surface area contributed by atoms with Gasteiger partial charge >= 0.3 is 0 Å². The third-order valence-corrected chi connectivity index (χ3v) is 8.01. The SMILES string of the molecule is COc1ccc(N(CN2C(=O)[C@@H]3[C@@H]4C=C[C@H]([C@@H]5C[C@H]45)[C@H]3C2=O)C(=O)c2ccc(Cl)cc2)cc1. The Bertz CT molecular complexity index is 1140. The number of ether oxygens (including phenoxy) is 1. The fraction of sp³-hybridized carbons (Fsp3) is 0.346. The van der Waals surface area contributed by atoms with E-state index in [9.17, 15) is 14.4 Å². The van der Waals surface area contributed by atoms with E-state index in [0.29, 0.717) is 33.9 Å². The summed E-state index contributed by atoms with van der Waals surface area (Å²) in [4.78, 5) is 43.2. The number of anilines is 1. The summed E-state index contributed by atoms with van der Waals surface area (Å²) in [5, 5.41) is 0.526. The number of methoxy groups -OCH3 is 1. The van der Waals surface area contributed by atoms with Crippen molar-refractivity contribution in [1.82, 2.24) is 4.90 Å². The van der Waals surface area contributed by atoms with E-state index in [1.54, 1.807) is 55.6 Å². The monoisotopic (exact) mass is 462 g/mol. The van der Waals surface area contributed by atoms with Crippen molar-refractivity contribution in [2.45, 2.75) is 6.42 Å². The molecule has 2 saturated carbocycles. The highest BCUT2D eigenvalue weighted by Crippen LogP contribution is 2.65. The summed E-state index contributed by atoms with van der Waals surface area (Å²) in [6.45, 7) is -0.118. The molecule has 6 nitrogen and oxygen atoms in total. The molecule has 7 rings (SSSR count). The van der Waals surface area contributed by atoms with Gasteiger partial charge in [-0.3, -0.25) is 24.2 Å². The van der Waals surface area contributed by atoms with Gasteiger partial charge in [0.1, 0.15) is 12.4 Å². The van der Waals surface area contributed by atoms with Crippen LogP contribution in [0, 0.1) is 35.5 Å². The lowest BCUT2D eigenvalue weighted by Crippen LogP contribution is -2.45. The van der Waals surface area contributed by atoms with Crippen LogP contribution in [-0.2, 0) is 9.59 Å². The molecule has 0 unspecified atom stereocenters. The lowest BCUT2D eigenvalue weighted by molar-refractivity contribution is -0.140. The number of amides is 3. The zero-order chi connectivity index (χ0) is 22.9. The standard InChI is InChI=1S/C26H23ClN2O4/c1-33-17-8-6-16(7-9-17)28(24(30)14-2-4-15(27)5-3-14)13-29-25(31)22-18-10-11-19(21-12-20(18)21)23(22)26(29)32/h2-11,18-23H,12-13H2,1H3/t18-,19-,20-,21+,22-,23-/m1/s1. The van der Waals surface area contributed by atoms with Crippen molar-refractivity contribution < 1.29 is 19.1 Å². The molecule has 0 radical (unpaired) electrons. The summed E-state index contributed by atoms with van der Waals surface area (Å²) >= 11 is 6.00. The summed E-state index contributed by atoms with van der Waals surface area (Å²) in [5.41, 5.74) is 1.00. The van der Waals surface area contributed by atoms with Gasteiger partial charge in [-0.25, -0.2) is 0 Å². The second-order valence-corrected chi connectivity index (χ2v) is 9.78. The molecular weight excluding hydrogens is 440 g/mol. The lowest BCUT2D eigenvalue weighted by atomic mass is 9.63. The zero-order valence-electron chi connectivity index (χ0n) is 18.1. The molecule has 7 heteroatoms. The van der Waals surface area contributed by atoms with E-state index in [1.165, 1.54) is 9.80 Å². The fourth-order valence-corrected chi connectivity index (χ4v) is 6.20. The smallest absolute Gasteiger partial charge is 0.259 e. The summed E-state index contributed by atoms with van der Waals surface area (Å²) in [7, 11) is 1.57. The number of imide groups is 1. The van der Waals surface area contributed by atoms with Gasteiger partial charge in [0.2, 0.25) is 11.8 Å². The Hall–Kier alpha value is -3.12. The minimum Gasteiger partial charge on any atom is -0.497 e. The van der Waals surface area contributed by atoms with Crippen molar-refractivity contribution in [3.63, 3.8) is 0 Å². The van der Waals surface area contributed by atoms with Crippen molar-refractivity contribution in [3.05, 3.63) is 71.3 Å². The third kappa shape index (κ3) is 3.11. The van der Waals surface area contributed by atoms with Crippen LogP contribution in [0.4, 0.5) is 5.69 Å². The van der Waals surface area contributed by atoms with Gasteiger partial charge in [0.15, 0.2) is 0 Å². The molecule has 0 spiro atoms. The number of likely N-dealkylation sites (tertiary alicyclic amines) is 1. The molecule has 0 aromatic heterocycles. The molecule has 1 heterocycles. The maximum absolute atomic E-state index is 13.5. The molecule has 2 aromatic carbocycles. The van der Waals surface area contributed by atoms with Gasteiger partial charge in [-0.05, 0) is 78.6 Å². The van der Waals surface area contributed by atoms with Gasteiger partial charge < -0.3 is 4.74 Å². The van der Waals surface area contributed by atoms with E-state index in [2.05, 4.69) is 12.2 Å². The predicted octanol–water partition coefficient (Wildman–Crippen LogP) is 4.01. The number of benzene rings is 2. The largest absolute Gasteiger partial charge is 0.497 e. The van der Waals surface area contributed by atoms with Crippen LogP contribution < -0.4 is 9.64 Å². The summed E-state index contributed by atoms with van der Waals surface area (Å²) in [6, 6.07) is 13.6. The van der Waals surface area contributed by atoms with Crippen LogP contribution >= 0.6 is 11.6 Å². The molecule has 168 valence electrons. The second kappa shape index (κ2) is 7.45. The molecule has 5 aliphatic rings. The molecule has 3 amide bonds. The first-order valence-electron chi connectivity index (χ1n) is 11.2. The van der Waals surface area contributed by atoms with Crippen LogP contribution in [0.2, 0.25) is 5.02 Å². The normalized spacial score (nSPS) is 30.8. The van der Waals surface area contributed by atoms with Crippen LogP contribution in [-0.4, -0.2) is 36.4 Å². The first kappa shape index (κ1) is 20.5. The van der Waals surface area contributed by atoms with E-state index in [-0.39, 0.29) is 48.1 Å². The Labute approximate surface area is 196 Å². The van der Waals surface area contributed by atoms with E-state index < -0.39 is 0 Å². The van der Waals surface area contributed by atoms with Gasteiger partial charge in [0.25, 0.3) is 5.91 Å². The van der Waals surface area contributed by atoms with E-state index in [4.69, 9.17) is 16.3 Å². The van der Waals surface area contributed by atoms with Crippen LogP contribution in [0.5, 0.6) is 5.75 Å². The second-order valence-electron chi connectivity index (χ2n) is 9.34. The van der Waals surface area contributed by atoms with Crippen molar-refractivity contribution in [2.24, 2.45) is 35.5 Å². The summed E-state index contributed by atoms with van der Waals surface area (Å²) in [6.07, 6.45) is 5.41. The van der Waals surface area contributed by atoms with Crippen molar-refractivity contribution in [2.75, 3.05) is 18.7 Å². The molecular formula is C26H23ClN2O4. The van der Waals surface area contributed by atoms with Crippen LogP contribution in [0.25, 0.3) is 0 Å². The van der Waals surface area contributed by atoms with Gasteiger partial charge in [-0.1, -0.05) is 23.8 Å². The van der Waals surface area contributed by atoms with E-state index in [1.807, 2.05) is 0 Å². The molecule has 1 saturated heterocycles. The molecule has 4 aliphatic carbocycles. The van der Waals surface area contributed by atoms with E-state index >= 15 is 0 Å². The van der Waals surface area contributed by atoms with Crippen molar-refractivity contribution in [3.8, 4) is 5.75 Å². The van der Waals surface area contributed by atoms with Crippen LogP contribution in [0.15, 0.2) is 60.7 Å². The number of nitrogens with zero attached hydrogens (tertiary/aromatic N) is 2. The van der Waals surface area contributed by atoms with Crippen molar-refractivity contribution >= 4 is 35.0 Å². The predicted molar refractivity (Wildman–Crippen MR) is 123 cm³/mol.